The first kappa shape index (κ1) is 20.4. The van der Waals surface area contributed by atoms with Gasteiger partial charge in [0.25, 0.3) is 0 Å². The zero-order valence-corrected chi connectivity index (χ0v) is 17.6. The van der Waals surface area contributed by atoms with Crippen LogP contribution in [0.15, 0.2) is 29.3 Å². The molecule has 0 spiro atoms. The first-order valence-electron chi connectivity index (χ1n) is 9.12. The molecule has 2 fully saturated rings. The first-order chi connectivity index (χ1) is 11.7. The molecule has 2 aliphatic rings. The van der Waals surface area contributed by atoms with Gasteiger partial charge in [-0.1, -0.05) is 25.1 Å². The van der Waals surface area contributed by atoms with Crippen LogP contribution in [0.3, 0.4) is 0 Å². The molecule has 0 radical (unpaired) electrons. The van der Waals surface area contributed by atoms with E-state index in [-0.39, 0.29) is 35.2 Å². The van der Waals surface area contributed by atoms with Crippen molar-refractivity contribution in [3.05, 3.63) is 35.6 Å². The number of nitrogens with zero attached hydrogens (tertiary/aromatic N) is 2. The molecule has 1 aliphatic heterocycles. The summed E-state index contributed by atoms with van der Waals surface area (Å²) < 4.78 is 14.1. The van der Waals surface area contributed by atoms with Crippen molar-refractivity contribution < 1.29 is 4.39 Å². The Balaban J connectivity index is 0.00000225. The summed E-state index contributed by atoms with van der Waals surface area (Å²) in [5.41, 5.74) is 0.770. The van der Waals surface area contributed by atoms with E-state index in [2.05, 4.69) is 27.4 Å². The van der Waals surface area contributed by atoms with Crippen LogP contribution in [-0.4, -0.2) is 50.1 Å². The predicted molar refractivity (Wildman–Crippen MR) is 112 cm³/mol. The maximum Gasteiger partial charge on any atom is 0.191 e. The second-order valence-electron chi connectivity index (χ2n) is 6.99. The molecule has 1 saturated heterocycles. The minimum Gasteiger partial charge on any atom is -0.356 e. The Hall–Kier alpha value is -0.890. The molecule has 0 amide bonds. The van der Waals surface area contributed by atoms with Crippen molar-refractivity contribution in [2.75, 3.05) is 33.2 Å². The zero-order valence-electron chi connectivity index (χ0n) is 15.2. The Bertz CT molecular complexity index is 589. The number of aliphatic imine (C=N–C) groups is 1. The summed E-state index contributed by atoms with van der Waals surface area (Å²) in [6, 6.07) is 7.74. The number of benzene rings is 1. The minimum absolute atomic E-state index is 0. The molecule has 4 nitrogen and oxygen atoms in total. The average Bonchev–Trinajstić information content (AvgIpc) is 3.25. The molecular weight excluding hydrogens is 430 g/mol. The van der Waals surface area contributed by atoms with Gasteiger partial charge in [0.05, 0.1) is 0 Å². The molecule has 3 rings (SSSR count). The lowest BCUT2D eigenvalue weighted by Crippen LogP contribution is -2.46. The van der Waals surface area contributed by atoms with Crippen LogP contribution in [0, 0.1) is 5.82 Å². The van der Waals surface area contributed by atoms with Crippen LogP contribution in [0.1, 0.15) is 38.2 Å². The van der Waals surface area contributed by atoms with E-state index in [9.17, 15) is 4.39 Å². The van der Waals surface area contributed by atoms with Gasteiger partial charge < -0.3 is 10.6 Å². The average molecular weight is 460 g/mol. The van der Waals surface area contributed by atoms with Gasteiger partial charge in [-0.3, -0.25) is 9.89 Å². The molecule has 1 aromatic rings. The maximum atomic E-state index is 14.1. The van der Waals surface area contributed by atoms with E-state index in [1.54, 1.807) is 19.2 Å². The number of nitrogens with one attached hydrogen (secondary N) is 2. The number of hydrogen-bond acceptors (Lipinski definition) is 2. The SMILES string of the molecule is CCN1CCCC1CNC(=NC)NCC1(c2ccccc2F)CC1.I. The predicted octanol–water partition coefficient (Wildman–Crippen LogP) is 3.12. The molecule has 1 unspecified atom stereocenters. The third-order valence-electron chi connectivity index (χ3n) is 5.53. The van der Waals surface area contributed by atoms with Gasteiger partial charge in [-0.2, -0.15) is 0 Å². The normalized spacial score (nSPS) is 22.4. The van der Waals surface area contributed by atoms with Gasteiger partial charge in [-0.15, -0.1) is 24.0 Å². The molecule has 0 aromatic heterocycles. The summed E-state index contributed by atoms with van der Waals surface area (Å²) in [4.78, 5) is 6.84. The lowest BCUT2D eigenvalue weighted by atomic mass is 9.95. The highest BCUT2D eigenvalue weighted by Gasteiger charge is 2.45. The second-order valence-corrected chi connectivity index (χ2v) is 6.99. The van der Waals surface area contributed by atoms with Gasteiger partial charge in [0.1, 0.15) is 5.82 Å². The summed E-state index contributed by atoms with van der Waals surface area (Å²) in [6.07, 6.45) is 4.59. The highest BCUT2D eigenvalue weighted by Crippen LogP contribution is 2.48. The Labute approximate surface area is 167 Å². The van der Waals surface area contributed by atoms with Gasteiger partial charge in [0.15, 0.2) is 5.96 Å². The minimum atomic E-state index is -0.0933. The summed E-state index contributed by atoms with van der Waals surface area (Å²) in [5.74, 6) is 0.727. The molecule has 1 saturated carbocycles. The molecule has 6 heteroatoms. The van der Waals surface area contributed by atoms with Gasteiger partial charge >= 0.3 is 0 Å². The molecule has 140 valence electrons. The largest absolute Gasteiger partial charge is 0.356 e. The fourth-order valence-electron chi connectivity index (χ4n) is 3.81. The number of likely N-dealkylation sites (tertiary alicyclic amines) is 1. The van der Waals surface area contributed by atoms with Crippen molar-refractivity contribution in [1.29, 1.82) is 0 Å². The maximum absolute atomic E-state index is 14.1. The molecule has 1 aliphatic carbocycles. The van der Waals surface area contributed by atoms with E-state index < -0.39 is 0 Å². The topological polar surface area (TPSA) is 39.7 Å². The van der Waals surface area contributed by atoms with E-state index in [1.807, 2.05) is 12.1 Å². The van der Waals surface area contributed by atoms with Gasteiger partial charge in [0, 0.05) is 31.6 Å². The second kappa shape index (κ2) is 9.16. The van der Waals surface area contributed by atoms with Crippen molar-refractivity contribution in [1.82, 2.24) is 15.5 Å². The third-order valence-corrected chi connectivity index (χ3v) is 5.53. The van der Waals surface area contributed by atoms with Crippen molar-refractivity contribution in [2.45, 2.75) is 44.1 Å². The fourth-order valence-corrected chi connectivity index (χ4v) is 3.81. The fraction of sp³-hybridized carbons (Fsp3) is 0.632. The van der Waals surface area contributed by atoms with Crippen LogP contribution >= 0.6 is 24.0 Å². The Morgan fingerprint density at radius 3 is 2.72 bits per heavy atom. The summed E-state index contributed by atoms with van der Waals surface area (Å²) in [5, 5.41) is 6.85. The van der Waals surface area contributed by atoms with Crippen molar-refractivity contribution in [3.8, 4) is 0 Å². The lowest BCUT2D eigenvalue weighted by Gasteiger charge is -2.25. The van der Waals surface area contributed by atoms with E-state index in [0.29, 0.717) is 6.04 Å². The first-order valence-corrected chi connectivity index (χ1v) is 9.12. The summed E-state index contributed by atoms with van der Waals surface area (Å²) in [7, 11) is 1.80. The van der Waals surface area contributed by atoms with Crippen LogP contribution < -0.4 is 10.6 Å². The lowest BCUT2D eigenvalue weighted by molar-refractivity contribution is 0.267. The van der Waals surface area contributed by atoms with E-state index in [1.165, 1.54) is 19.4 Å². The van der Waals surface area contributed by atoms with Crippen LogP contribution in [0.2, 0.25) is 0 Å². The van der Waals surface area contributed by atoms with Crippen molar-refractivity contribution in [2.24, 2.45) is 4.99 Å². The molecule has 2 N–H and O–H groups in total. The van der Waals surface area contributed by atoms with Gasteiger partial charge in [-0.25, -0.2) is 4.39 Å². The Kier molecular flexibility index (Phi) is 7.49. The van der Waals surface area contributed by atoms with Crippen LogP contribution in [0.4, 0.5) is 4.39 Å². The van der Waals surface area contributed by atoms with Crippen molar-refractivity contribution >= 4 is 29.9 Å². The summed E-state index contributed by atoms with van der Waals surface area (Å²) >= 11 is 0. The number of halogens is 2. The van der Waals surface area contributed by atoms with E-state index in [0.717, 1.165) is 44.0 Å². The Morgan fingerprint density at radius 2 is 2.08 bits per heavy atom. The molecule has 1 aromatic carbocycles. The number of guanidine groups is 1. The van der Waals surface area contributed by atoms with Gasteiger partial charge in [0.2, 0.25) is 0 Å². The van der Waals surface area contributed by atoms with Crippen LogP contribution in [0.5, 0.6) is 0 Å². The number of rotatable bonds is 6. The van der Waals surface area contributed by atoms with E-state index >= 15 is 0 Å². The van der Waals surface area contributed by atoms with Crippen LogP contribution in [-0.2, 0) is 5.41 Å². The van der Waals surface area contributed by atoms with Crippen molar-refractivity contribution in [3.63, 3.8) is 0 Å². The quantitative estimate of drug-likeness (QED) is 0.390. The standard InChI is InChI=1S/C19H29FN4.HI/c1-3-24-12-6-7-15(24)13-22-18(21-2)23-14-19(10-11-19)16-8-4-5-9-17(16)20;/h4-5,8-9,15H,3,6-7,10-14H2,1-2H3,(H2,21,22,23);1H. The summed E-state index contributed by atoms with van der Waals surface area (Å²) in [6.45, 7) is 6.17. The Morgan fingerprint density at radius 1 is 1.32 bits per heavy atom. The van der Waals surface area contributed by atoms with Gasteiger partial charge in [-0.05, 0) is 50.4 Å². The molecule has 1 heterocycles. The molecule has 25 heavy (non-hydrogen) atoms. The smallest absolute Gasteiger partial charge is 0.191 e. The zero-order chi connectivity index (χ0) is 17.0. The number of hydrogen-bond donors (Lipinski definition) is 2. The molecular formula is C19H30FIN4. The third kappa shape index (κ3) is 4.84. The highest BCUT2D eigenvalue weighted by molar-refractivity contribution is 14.0. The van der Waals surface area contributed by atoms with Crippen LogP contribution in [0.25, 0.3) is 0 Å². The molecule has 0 bridgehead atoms. The highest BCUT2D eigenvalue weighted by atomic mass is 127. The molecule has 1 atom stereocenters. The van der Waals surface area contributed by atoms with E-state index in [4.69, 9.17) is 0 Å². The number of likely N-dealkylation sites (N-methyl/N-ethyl adjacent to an activating group) is 1. The monoisotopic (exact) mass is 460 g/mol.